The number of rotatable bonds is 6. The van der Waals surface area contributed by atoms with Gasteiger partial charge in [-0.25, -0.2) is 4.39 Å². The monoisotopic (exact) mass is 464 g/mol. The second-order valence-electron chi connectivity index (χ2n) is 8.78. The summed E-state index contributed by atoms with van der Waals surface area (Å²) >= 11 is 0. The van der Waals surface area contributed by atoms with Gasteiger partial charge in [0.25, 0.3) is 5.56 Å². The molecule has 3 N–H and O–H groups in total. The zero-order valence-electron chi connectivity index (χ0n) is 19.2. The highest BCUT2D eigenvalue weighted by Gasteiger charge is 2.27. The first kappa shape index (κ1) is 23.6. The van der Waals surface area contributed by atoms with Crippen LogP contribution in [0.5, 0.6) is 0 Å². The molecule has 0 spiro atoms. The van der Waals surface area contributed by atoms with Crippen LogP contribution in [0.25, 0.3) is 10.8 Å². The lowest BCUT2D eigenvalue weighted by molar-refractivity contribution is -0.140. The molecule has 0 bridgehead atoms. The fourth-order valence-corrected chi connectivity index (χ4v) is 4.43. The number of aryl methyl sites for hydroxylation is 2. The molecule has 1 saturated heterocycles. The van der Waals surface area contributed by atoms with E-state index >= 15 is 0 Å². The third-order valence-corrected chi connectivity index (χ3v) is 6.40. The van der Waals surface area contributed by atoms with Gasteiger partial charge >= 0.3 is 0 Å². The molecule has 1 aromatic heterocycles. The number of nitrogens with zero attached hydrogens (tertiary/aromatic N) is 2. The number of amides is 2. The molecule has 1 unspecified atom stereocenters. The van der Waals surface area contributed by atoms with Gasteiger partial charge in [0.05, 0.1) is 11.4 Å². The number of carbonyl (C=O) groups excluding carboxylic acids is 2. The highest BCUT2D eigenvalue weighted by atomic mass is 19.1. The largest absolute Gasteiger partial charge is 0.339 e. The number of nitrogens with one attached hydrogen (secondary N) is 1. The second-order valence-corrected chi connectivity index (χ2v) is 8.78. The van der Waals surface area contributed by atoms with Crippen molar-refractivity contribution in [2.24, 2.45) is 5.73 Å². The van der Waals surface area contributed by atoms with Crippen molar-refractivity contribution >= 4 is 22.6 Å². The van der Waals surface area contributed by atoms with E-state index in [0.29, 0.717) is 50.1 Å². The van der Waals surface area contributed by atoms with Crippen molar-refractivity contribution in [3.63, 3.8) is 0 Å². The van der Waals surface area contributed by atoms with Crippen LogP contribution >= 0.6 is 0 Å². The van der Waals surface area contributed by atoms with Crippen molar-refractivity contribution in [3.8, 4) is 0 Å². The topological polar surface area (TPSA) is 99.5 Å². The fourth-order valence-electron chi connectivity index (χ4n) is 4.43. The molecule has 1 aliphatic rings. The number of aromatic amines is 1. The minimum Gasteiger partial charge on any atom is -0.339 e. The Kier molecular flexibility index (Phi) is 7.07. The molecule has 0 aliphatic carbocycles. The standard InChI is InChI=1S/C26H29FN4O3/c1-17-7-9-21(27)24-20(17)16-19(29-25(24)33)8-10-23(32)30-11-13-31(14-12-30)26(34)22(28)15-18-5-3-2-4-6-18/h2-7,9,16,22H,8,10-15,28H2,1H3,(H,29,33). The molecule has 7 nitrogen and oxygen atoms in total. The first-order valence-electron chi connectivity index (χ1n) is 11.5. The SMILES string of the molecule is Cc1ccc(F)c2c(=O)[nH]c(CCC(=O)N3CCN(C(=O)C(N)Cc4ccccc4)CC3)cc12. The summed E-state index contributed by atoms with van der Waals surface area (Å²) in [5, 5.41) is 0.603. The number of H-pyrrole nitrogens is 1. The molecule has 0 saturated carbocycles. The summed E-state index contributed by atoms with van der Waals surface area (Å²) in [7, 11) is 0. The minimum atomic E-state index is -0.609. The van der Waals surface area contributed by atoms with Crippen LogP contribution < -0.4 is 11.3 Å². The predicted octanol–water partition coefficient (Wildman–Crippen LogP) is 2.15. The molecule has 34 heavy (non-hydrogen) atoms. The summed E-state index contributed by atoms with van der Waals surface area (Å²) in [4.78, 5) is 44.0. The number of hydrogen-bond donors (Lipinski definition) is 2. The van der Waals surface area contributed by atoms with E-state index in [1.165, 1.54) is 6.07 Å². The van der Waals surface area contributed by atoms with E-state index < -0.39 is 17.4 Å². The molecule has 8 heteroatoms. The van der Waals surface area contributed by atoms with Gasteiger partial charge in [0.15, 0.2) is 0 Å². The average molecular weight is 465 g/mol. The third kappa shape index (κ3) is 5.17. The summed E-state index contributed by atoms with van der Waals surface area (Å²) in [6, 6.07) is 13.7. The molecule has 178 valence electrons. The molecular weight excluding hydrogens is 435 g/mol. The lowest BCUT2D eigenvalue weighted by Crippen LogP contribution is -2.54. The maximum atomic E-state index is 14.0. The Morgan fingerprint density at radius 1 is 1.06 bits per heavy atom. The van der Waals surface area contributed by atoms with E-state index in [-0.39, 0.29) is 23.6 Å². The molecule has 4 rings (SSSR count). The van der Waals surface area contributed by atoms with Gasteiger partial charge < -0.3 is 20.5 Å². The number of aromatic nitrogens is 1. The molecular formula is C26H29FN4O3. The smallest absolute Gasteiger partial charge is 0.259 e. The second kappa shape index (κ2) is 10.2. The summed E-state index contributed by atoms with van der Waals surface area (Å²) in [5.74, 6) is -0.703. The number of benzene rings is 2. The molecule has 2 aromatic carbocycles. The van der Waals surface area contributed by atoms with Crippen LogP contribution in [0, 0.1) is 12.7 Å². The number of fused-ring (bicyclic) bond motifs is 1. The molecule has 1 fully saturated rings. The Balaban J connectivity index is 1.31. The van der Waals surface area contributed by atoms with Crippen LogP contribution in [0.2, 0.25) is 0 Å². The van der Waals surface area contributed by atoms with Gasteiger partial charge in [-0.1, -0.05) is 36.4 Å². The van der Waals surface area contributed by atoms with E-state index in [1.807, 2.05) is 37.3 Å². The van der Waals surface area contributed by atoms with Crippen molar-refractivity contribution in [1.29, 1.82) is 0 Å². The fraction of sp³-hybridized carbons (Fsp3) is 0.346. The van der Waals surface area contributed by atoms with E-state index in [1.54, 1.807) is 21.9 Å². The van der Waals surface area contributed by atoms with Gasteiger partial charge in [0.1, 0.15) is 5.82 Å². The van der Waals surface area contributed by atoms with Gasteiger partial charge in [-0.2, -0.15) is 0 Å². The van der Waals surface area contributed by atoms with Crippen LogP contribution in [0.3, 0.4) is 0 Å². The van der Waals surface area contributed by atoms with Crippen LogP contribution in [0.15, 0.2) is 53.3 Å². The van der Waals surface area contributed by atoms with E-state index in [0.717, 1.165) is 11.1 Å². The van der Waals surface area contributed by atoms with Crippen molar-refractivity contribution in [2.45, 2.75) is 32.2 Å². The van der Waals surface area contributed by atoms with E-state index in [2.05, 4.69) is 4.98 Å². The number of halogens is 1. The zero-order chi connectivity index (χ0) is 24.2. The molecule has 2 amide bonds. The normalized spacial score (nSPS) is 14.9. The average Bonchev–Trinajstić information content (AvgIpc) is 2.85. The van der Waals surface area contributed by atoms with Crippen LogP contribution in [0.4, 0.5) is 4.39 Å². The quantitative estimate of drug-likeness (QED) is 0.584. The van der Waals surface area contributed by atoms with Gasteiger partial charge in [0, 0.05) is 38.3 Å². The summed E-state index contributed by atoms with van der Waals surface area (Å²) < 4.78 is 14.0. The molecule has 0 radical (unpaired) electrons. The molecule has 1 aliphatic heterocycles. The number of pyridine rings is 1. The zero-order valence-corrected chi connectivity index (χ0v) is 19.2. The number of piperazine rings is 1. The Bertz CT molecular complexity index is 1250. The number of hydrogen-bond acceptors (Lipinski definition) is 4. The predicted molar refractivity (Wildman–Crippen MR) is 129 cm³/mol. The van der Waals surface area contributed by atoms with Gasteiger partial charge in [-0.05, 0) is 48.4 Å². The molecule has 2 heterocycles. The Hall–Kier alpha value is -3.52. The van der Waals surface area contributed by atoms with E-state index in [9.17, 15) is 18.8 Å². The molecule has 3 aromatic rings. The highest BCUT2D eigenvalue weighted by molar-refractivity contribution is 5.86. The number of nitrogens with two attached hydrogens (primary N) is 1. The maximum absolute atomic E-state index is 14.0. The summed E-state index contributed by atoms with van der Waals surface area (Å²) in [5.41, 5.74) is 8.07. The molecule has 1 atom stereocenters. The van der Waals surface area contributed by atoms with Crippen LogP contribution in [0.1, 0.15) is 23.2 Å². The van der Waals surface area contributed by atoms with Crippen molar-refractivity contribution in [2.75, 3.05) is 26.2 Å². The van der Waals surface area contributed by atoms with Crippen molar-refractivity contribution < 1.29 is 14.0 Å². The van der Waals surface area contributed by atoms with Crippen LogP contribution in [-0.4, -0.2) is 58.8 Å². The lowest BCUT2D eigenvalue weighted by Gasteiger charge is -2.36. The maximum Gasteiger partial charge on any atom is 0.259 e. The van der Waals surface area contributed by atoms with Crippen molar-refractivity contribution in [3.05, 3.63) is 81.5 Å². The van der Waals surface area contributed by atoms with Gasteiger partial charge in [0.2, 0.25) is 11.8 Å². The Morgan fingerprint density at radius 2 is 1.74 bits per heavy atom. The van der Waals surface area contributed by atoms with Gasteiger partial charge in [-0.15, -0.1) is 0 Å². The first-order valence-corrected chi connectivity index (χ1v) is 11.5. The Morgan fingerprint density at radius 3 is 2.44 bits per heavy atom. The van der Waals surface area contributed by atoms with Gasteiger partial charge in [-0.3, -0.25) is 14.4 Å². The first-order chi connectivity index (χ1) is 16.3. The lowest BCUT2D eigenvalue weighted by atomic mass is 10.0. The Labute approximate surface area is 197 Å². The van der Waals surface area contributed by atoms with Crippen LogP contribution in [-0.2, 0) is 22.4 Å². The highest BCUT2D eigenvalue weighted by Crippen LogP contribution is 2.19. The third-order valence-electron chi connectivity index (χ3n) is 6.40. The van der Waals surface area contributed by atoms with E-state index in [4.69, 9.17) is 5.73 Å². The number of carbonyl (C=O) groups is 2. The van der Waals surface area contributed by atoms with Crippen molar-refractivity contribution in [1.82, 2.24) is 14.8 Å². The summed E-state index contributed by atoms with van der Waals surface area (Å²) in [6.07, 6.45) is 1.05. The summed E-state index contributed by atoms with van der Waals surface area (Å²) in [6.45, 7) is 3.60. The minimum absolute atomic E-state index is 0.0429.